The minimum Gasteiger partial charge on any atom is -0.320 e. The molecule has 5 nitrogen and oxygen atoms in total. The van der Waals surface area contributed by atoms with E-state index in [0.29, 0.717) is 22.2 Å². The average molecular weight is 388 g/mol. The number of nitrogens with zero attached hydrogens (tertiary/aromatic N) is 1. The van der Waals surface area contributed by atoms with Crippen molar-refractivity contribution in [1.29, 1.82) is 0 Å². The summed E-state index contributed by atoms with van der Waals surface area (Å²) < 4.78 is 26.2. The Morgan fingerprint density at radius 1 is 0.786 bits per heavy atom. The number of anilines is 1. The molecule has 4 aromatic rings. The molecular formula is C22H16N2O3S. The van der Waals surface area contributed by atoms with E-state index < -0.39 is 9.84 Å². The largest absolute Gasteiger partial charge is 0.320 e. The lowest BCUT2D eigenvalue weighted by Gasteiger charge is -2.12. The number of nitrogens with one attached hydrogen (secondary N) is 1. The van der Waals surface area contributed by atoms with E-state index in [1.165, 1.54) is 6.07 Å². The second kappa shape index (κ2) is 7.25. The van der Waals surface area contributed by atoms with Crippen LogP contribution in [0.3, 0.4) is 0 Å². The van der Waals surface area contributed by atoms with Gasteiger partial charge >= 0.3 is 0 Å². The lowest BCUT2D eigenvalue weighted by Crippen LogP contribution is -2.13. The highest BCUT2D eigenvalue weighted by atomic mass is 32.2. The van der Waals surface area contributed by atoms with Crippen molar-refractivity contribution in [2.24, 2.45) is 0 Å². The van der Waals surface area contributed by atoms with Crippen LogP contribution in [0.2, 0.25) is 0 Å². The molecule has 0 atom stereocenters. The number of hydrogen-bond acceptors (Lipinski definition) is 4. The molecule has 0 saturated carbocycles. The Morgan fingerprint density at radius 3 is 2.18 bits per heavy atom. The molecule has 0 spiro atoms. The average Bonchev–Trinajstić information content (AvgIpc) is 2.75. The predicted octanol–water partition coefficient (Wildman–Crippen LogP) is 4.32. The van der Waals surface area contributed by atoms with Crippen LogP contribution in [0.15, 0.2) is 101 Å². The van der Waals surface area contributed by atoms with Gasteiger partial charge < -0.3 is 5.32 Å². The molecule has 0 aliphatic carbocycles. The van der Waals surface area contributed by atoms with Crippen LogP contribution in [0.4, 0.5) is 5.69 Å². The molecule has 0 bridgehead atoms. The number of sulfone groups is 1. The minimum absolute atomic E-state index is 0.152. The third-order valence-corrected chi connectivity index (χ3v) is 6.18. The summed E-state index contributed by atoms with van der Waals surface area (Å²) in [6.07, 6.45) is 1.57. The van der Waals surface area contributed by atoms with Crippen LogP contribution in [0.5, 0.6) is 0 Å². The summed E-state index contributed by atoms with van der Waals surface area (Å²) in [6, 6.07) is 23.5. The Hall–Kier alpha value is -3.51. The predicted molar refractivity (Wildman–Crippen MR) is 108 cm³/mol. The second-order valence-corrected chi connectivity index (χ2v) is 8.07. The zero-order chi connectivity index (χ0) is 19.6. The monoisotopic (exact) mass is 388 g/mol. The van der Waals surface area contributed by atoms with Crippen LogP contribution in [-0.4, -0.2) is 19.3 Å². The Morgan fingerprint density at radius 2 is 1.46 bits per heavy atom. The molecule has 0 aliphatic heterocycles. The number of rotatable bonds is 4. The van der Waals surface area contributed by atoms with Crippen LogP contribution in [-0.2, 0) is 9.84 Å². The molecule has 6 heteroatoms. The molecule has 1 aromatic heterocycles. The van der Waals surface area contributed by atoms with Gasteiger partial charge in [0.25, 0.3) is 5.91 Å². The summed E-state index contributed by atoms with van der Waals surface area (Å²) in [5.41, 5.74) is 1.38. The number of hydrogen-bond donors (Lipinski definition) is 1. The third kappa shape index (κ3) is 3.25. The van der Waals surface area contributed by atoms with Gasteiger partial charge in [0.2, 0.25) is 9.84 Å². The maximum Gasteiger partial charge on any atom is 0.255 e. The highest BCUT2D eigenvalue weighted by Gasteiger charge is 2.22. The van der Waals surface area contributed by atoms with Crippen LogP contribution in [0.25, 0.3) is 10.9 Å². The van der Waals surface area contributed by atoms with Crippen molar-refractivity contribution in [3.05, 3.63) is 96.7 Å². The van der Waals surface area contributed by atoms with Gasteiger partial charge in [-0.05, 0) is 48.5 Å². The lowest BCUT2D eigenvalue weighted by molar-refractivity contribution is 0.102. The number of pyridine rings is 1. The van der Waals surface area contributed by atoms with Crippen molar-refractivity contribution in [3.63, 3.8) is 0 Å². The van der Waals surface area contributed by atoms with Gasteiger partial charge in [0, 0.05) is 17.1 Å². The van der Waals surface area contributed by atoms with Crippen molar-refractivity contribution >= 4 is 32.3 Å². The molecule has 28 heavy (non-hydrogen) atoms. The Balaban J connectivity index is 1.81. The maximum absolute atomic E-state index is 13.1. The summed E-state index contributed by atoms with van der Waals surface area (Å²) >= 11 is 0. The zero-order valence-corrected chi connectivity index (χ0v) is 15.6. The van der Waals surface area contributed by atoms with Crippen molar-refractivity contribution in [3.8, 4) is 0 Å². The molecule has 3 aromatic carbocycles. The number of carbonyl (C=O) groups is 1. The topological polar surface area (TPSA) is 76.1 Å². The summed E-state index contributed by atoms with van der Waals surface area (Å²) in [4.78, 5) is 17.2. The molecular weight excluding hydrogens is 372 g/mol. The van der Waals surface area contributed by atoms with E-state index in [-0.39, 0.29) is 15.7 Å². The molecule has 0 radical (unpaired) electrons. The third-order valence-electron chi connectivity index (χ3n) is 4.36. The molecule has 0 fully saturated rings. The number of aromatic nitrogens is 1. The summed E-state index contributed by atoms with van der Waals surface area (Å²) in [7, 11) is -3.72. The van der Waals surface area contributed by atoms with E-state index in [0.717, 1.165) is 0 Å². The first-order valence-corrected chi connectivity index (χ1v) is 10.1. The number of carbonyl (C=O) groups excluding carboxylic acids is 1. The first-order chi connectivity index (χ1) is 13.6. The van der Waals surface area contributed by atoms with Crippen LogP contribution >= 0.6 is 0 Å². The summed E-state index contributed by atoms with van der Waals surface area (Å²) in [5.74, 6) is -0.286. The highest BCUT2D eigenvalue weighted by molar-refractivity contribution is 7.91. The Kier molecular flexibility index (Phi) is 4.63. The van der Waals surface area contributed by atoms with Crippen molar-refractivity contribution < 1.29 is 13.2 Å². The maximum atomic E-state index is 13.1. The van der Waals surface area contributed by atoms with Gasteiger partial charge in [-0.1, -0.05) is 36.4 Å². The van der Waals surface area contributed by atoms with Crippen molar-refractivity contribution in [2.45, 2.75) is 9.79 Å². The molecule has 1 heterocycles. The van der Waals surface area contributed by atoms with E-state index in [1.807, 2.05) is 6.07 Å². The van der Waals surface area contributed by atoms with Gasteiger partial charge in [0.15, 0.2) is 0 Å². The lowest BCUT2D eigenvalue weighted by atomic mass is 10.1. The first kappa shape index (κ1) is 17.9. The van der Waals surface area contributed by atoms with Gasteiger partial charge in [-0.3, -0.25) is 9.78 Å². The van der Waals surface area contributed by atoms with E-state index >= 15 is 0 Å². The van der Waals surface area contributed by atoms with Crippen LogP contribution in [0.1, 0.15) is 10.4 Å². The molecule has 0 unspecified atom stereocenters. The highest BCUT2D eigenvalue weighted by Crippen LogP contribution is 2.31. The second-order valence-electron chi connectivity index (χ2n) is 6.15. The molecule has 0 saturated heterocycles. The minimum atomic E-state index is -3.72. The fourth-order valence-electron chi connectivity index (χ4n) is 2.99. The number of benzene rings is 3. The molecule has 1 amide bonds. The quantitative estimate of drug-likeness (QED) is 0.565. The van der Waals surface area contributed by atoms with E-state index in [2.05, 4.69) is 10.3 Å². The first-order valence-electron chi connectivity index (χ1n) is 8.61. The van der Waals surface area contributed by atoms with Crippen LogP contribution in [0, 0.1) is 0 Å². The van der Waals surface area contributed by atoms with E-state index in [4.69, 9.17) is 0 Å². The van der Waals surface area contributed by atoms with E-state index in [9.17, 15) is 13.2 Å². The molecule has 138 valence electrons. The molecule has 0 aliphatic rings. The zero-order valence-electron chi connectivity index (χ0n) is 14.7. The van der Waals surface area contributed by atoms with Crippen molar-refractivity contribution in [1.82, 2.24) is 4.98 Å². The standard InChI is InChI=1S/C22H16N2O3S/c25-22(16-8-3-1-4-9-16)24-19-13-14-20(18-12-7-15-23-21(18)19)28(26,27)17-10-5-2-6-11-17/h1-15H,(H,24,25). The number of amides is 1. The van der Waals surface area contributed by atoms with Gasteiger partial charge in [0.05, 0.1) is 21.0 Å². The normalized spacial score (nSPS) is 11.3. The van der Waals surface area contributed by atoms with Crippen LogP contribution < -0.4 is 5.32 Å². The summed E-state index contributed by atoms with van der Waals surface area (Å²) in [6.45, 7) is 0. The Labute approximate surface area is 162 Å². The number of fused-ring (bicyclic) bond motifs is 1. The molecule has 1 N–H and O–H groups in total. The SMILES string of the molecule is O=C(Nc1ccc(S(=O)(=O)c2ccccc2)c2cccnc12)c1ccccc1. The molecule has 4 rings (SSSR count). The van der Waals surface area contributed by atoms with Gasteiger partial charge in [-0.15, -0.1) is 0 Å². The van der Waals surface area contributed by atoms with Crippen molar-refractivity contribution in [2.75, 3.05) is 5.32 Å². The van der Waals surface area contributed by atoms with Gasteiger partial charge in [0.1, 0.15) is 0 Å². The Bertz CT molecular complexity index is 1250. The summed E-state index contributed by atoms with van der Waals surface area (Å²) in [5, 5.41) is 3.28. The fraction of sp³-hybridized carbons (Fsp3) is 0. The van der Waals surface area contributed by atoms with E-state index in [1.54, 1.807) is 79.0 Å². The van der Waals surface area contributed by atoms with Gasteiger partial charge in [-0.25, -0.2) is 8.42 Å². The van der Waals surface area contributed by atoms with Gasteiger partial charge in [-0.2, -0.15) is 0 Å². The smallest absolute Gasteiger partial charge is 0.255 e. The fourth-order valence-corrected chi connectivity index (χ4v) is 4.46.